The fraction of sp³-hybridized carbons (Fsp3) is 0.167. The van der Waals surface area contributed by atoms with Crippen molar-refractivity contribution in [2.45, 2.75) is 11.9 Å². The number of halogens is 1. The van der Waals surface area contributed by atoms with Gasteiger partial charge in [0.05, 0.1) is 17.1 Å². The molecule has 0 aliphatic carbocycles. The van der Waals surface area contributed by atoms with Crippen molar-refractivity contribution in [3.63, 3.8) is 0 Å². The minimum Gasteiger partial charge on any atom is -0.493 e. The Labute approximate surface area is 139 Å². The van der Waals surface area contributed by atoms with E-state index < -0.39 is 0 Å². The summed E-state index contributed by atoms with van der Waals surface area (Å²) in [6, 6.07) is 17.8. The molecule has 0 aliphatic heterocycles. The number of aromatic nitrogens is 1. The topological polar surface area (TPSA) is 22.1 Å². The summed E-state index contributed by atoms with van der Waals surface area (Å²) in [6.45, 7) is 2.76. The lowest BCUT2D eigenvalue weighted by Crippen LogP contribution is -2.00. The van der Waals surface area contributed by atoms with Gasteiger partial charge in [0.15, 0.2) is 0 Å². The number of thioether (sulfide) groups is 1. The Kier molecular flexibility index (Phi) is 4.86. The van der Waals surface area contributed by atoms with Gasteiger partial charge in [-0.25, -0.2) is 4.98 Å². The van der Waals surface area contributed by atoms with Crippen LogP contribution in [-0.4, -0.2) is 17.3 Å². The standard InChI is InChI=1S/C18H16ClNOS/c1-13-12-18(20-17-5-3-2-4-16(13)17)22-11-10-21-15-8-6-14(19)7-9-15/h2-9,12H,10-11H2,1H3. The van der Waals surface area contributed by atoms with Crippen molar-refractivity contribution in [3.8, 4) is 5.75 Å². The summed E-state index contributed by atoms with van der Waals surface area (Å²) >= 11 is 7.56. The summed E-state index contributed by atoms with van der Waals surface area (Å²) in [7, 11) is 0. The minimum atomic E-state index is 0.639. The second kappa shape index (κ2) is 7.03. The van der Waals surface area contributed by atoms with Crippen molar-refractivity contribution in [3.05, 3.63) is 65.2 Å². The molecule has 2 nitrogen and oxygen atoms in total. The molecule has 112 valence electrons. The lowest BCUT2D eigenvalue weighted by molar-refractivity contribution is 0.344. The molecule has 1 aromatic heterocycles. The maximum atomic E-state index is 5.85. The number of hydrogen-bond donors (Lipinski definition) is 0. The first kappa shape index (κ1) is 15.2. The maximum absolute atomic E-state index is 5.85. The van der Waals surface area contributed by atoms with E-state index in [0.717, 1.165) is 27.1 Å². The molecule has 0 aliphatic rings. The molecule has 0 saturated heterocycles. The third kappa shape index (κ3) is 3.73. The van der Waals surface area contributed by atoms with Gasteiger partial charge in [-0.05, 0) is 48.9 Å². The van der Waals surface area contributed by atoms with Crippen molar-refractivity contribution in [1.82, 2.24) is 4.98 Å². The number of fused-ring (bicyclic) bond motifs is 1. The van der Waals surface area contributed by atoms with E-state index in [1.165, 1.54) is 10.9 Å². The predicted octanol–water partition coefficient (Wildman–Crippen LogP) is 5.37. The first-order valence-corrected chi connectivity index (χ1v) is 8.46. The third-order valence-electron chi connectivity index (χ3n) is 3.32. The van der Waals surface area contributed by atoms with Gasteiger partial charge < -0.3 is 4.74 Å². The van der Waals surface area contributed by atoms with Crippen LogP contribution in [0.2, 0.25) is 5.02 Å². The van der Waals surface area contributed by atoms with Crippen LogP contribution in [0.15, 0.2) is 59.6 Å². The van der Waals surface area contributed by atoms with E-state index in [1.807, 2.05) is 36.4 Å². The predicted molar refractivity (Wildman–Crippen MR) is 94.2 cm³/mol. The van der Waals surface area contributed by atoms with Gasteiger partial charge in [-0.15, -0.1) is 11.8 Å². The van der Waals surface area contributed by atoms with Crippen LogP contribution in [0.1, 0.15) is 5.56 Å². The number of benzene rings is 2. The Balaban J connectivity index is 1.58. The molecule has 0 unspecified atom stereocenters. The fourth-order valence-electron chi connectivity index (χ4n) is 2.23. The summed E-state index contributed by atoms with van der Waals surface area (Å²) in [5.41, 5.74) is 2.30. The molecule has 0 fully saturated rings. The smallest absolute Gasteiger partial charge is 0.119 e. The van der Waals surface area contributed by atoms with E-state index >= 15 is 0 Å². The maximum Gasteiger partial charge on any atom is 0.119 e. The number of aryl methyl sites for hydroxylation is 1. The SMILES string of the molecule is Cc1cc(SCCOc2ccc(Cl)cc2)nc2ccccc12. The Morgan fingerprint density at radius 1 is 1.09 bits per heavy atom. The molecule has 3 rings (SSSR count). The number of hydrogen-bond acceptors (Lipinski definition) is 3. The van der Waals surface area contributed by atoms with Crippen LogP contribution < -0.4 is 4.74 Å². The van der Waals surface area contributed by atoms with Gasteiger partial charge in [-0.1, -0.05) is 29.8 Å². The van der Waals surface area contributed by atoms with Crippen LogP contribution in [0, 0.1) is 6.92 Å². The number of ether oxygens (including phenoxy) is 1. The molecule has 2 aromatic carbocycles. The molecule has 0 bridgehead atoms. The van der Waals surface area contributed by atoms with Crippen LogP contribution >= 0.6 is 23.4 Å². The van der Waals surface area contributed by atoms with E-state index in [4.69, 9.17) is 16.3 Å². The molecular formula is C18H16ClNOS. The molecule has 0 N–H and O–H groups in total. The lowest BCUT2D eigenvalue weighted by atomic mass is 10.1. The van der Waals surface area contributed by atoms with Crippen LogP contribution in [0.5, 0.6) is 5.75 Å². The fourth-order valence-corrected chi connectivity index (χ4v) is 3.15. The third-order valence-corrected chi connectivity index (χ3v) is 4.44. The van der Waals surface area contributed by atoms with Gasteiger partial charge in [0.25, 0.3) is 0 Å². The molecule has 0 saturated carbocycles. The number of nitrogens with zero attached hydrogens (tertiary/aromatic N) is 1. The van der Waals surface area contributed by atoms with Gasteiger partial charge >= 0.3 is 0 Å². The van der Waals surface area contributed by atoms with E-state index in [-0.39, 0.29) is 0 Å². The first-order chi connectivity index (χ1) is 10.7. The monoisotopic (exact) mass is 329 g/mol. The van der Waals surface area contributed by atoms with Gasteiger partial charge in [0.2, 0.25) is 0 Å². The van der Waals surface area contributed by atoms with Crippen LogP contribution in [-0.2, 0) is 0 Å². The zero-order chi connectivity index (χ0) is 15.4. The highest BCUT2D eigenvalue weighted by molar-refractivity contribution is 7.99. The van der Waals surface area contributed by atoms with Gasteiger partial charge in [0, 0.05) is 16.2 Å². The normalized spacial score (nSPS) is 10.8. The highest BCUT2D eigenvalue weighted by Crippen LogP contribution is 2.23. The molecule has 3 aromatic rings. The molecule has 0 atom stereocenters. The second-order valence-corrected chi connectivity index (χ2v) is 6.50. The largest absolute Gasteiger partial charge is 0.493 e. The van der Waals surface area contributed by atoms with Gasteiger partial charge in [-0.2, -0.15) is 0 Å². The first-order valence-electron chi connectivity index (χ1n) is 7.10. The summed E-state index contributed by atoms with van der Waals surface area (Å²) in [6.07, 6.45) is 0. The second-order valence-electron chi connectivity index (χ2n) is 4.95. The number of rotatable bonds is 5. The van der Waals surface area contributed by atoms with E-state index in [9.17, 15) is 0 Å². The lowest BCUT2D eigenvalue weighted by Gasteiger charge is -2.08. The molecule has 0 spiro atoms. The highest BCUT2D eigenvalue weighted by atomic mass is 35.5. The van der Waals surface area contributed by atoms with E-state index in [1.54, 1.807) is 11.8 Å². The number of para-hydroxylation sites is 1. The molecule has 1 heterocycles. The molecule has 0 amide bonds. The Morgan fingerprint density at radius 2 is 1.86 bits per heavy atom. The average molecular weight is 330 g/mol. The zero-order valence-corrected chi connectivity index (χ0v) is 13.8. The van der Waals surface area contributed by atoms with E-state index in [0.29, 0.717) is 6.61 Å². The minimum absolute atomic E-state index is 0.639. The van der Waals surface area contributed by atoms with Crippen molar-refractivity contribution < 1.29 is 4.74 Å². The molecule has 0 radical (unpaired) electrons. The summed E-state index contributed by atoms with van der Waals surface area (Å²) in [5, 5.41) is 2.97. The summed E-state index contributed by atoms with van der Waals surface area (Å²) < 4.78 is 5.69. The van der Waals surface area contributed by atoms with Crippen molar-refractivity contribution in [1.29, 1.82) is 0 Å². The van der Waals surface area contributed by atoms with Crippen molar-refractivity contribution in [2.75, 3.05) is 12.4 Å². The Hall–Kier alpha value is -1.71. The van der Waals surface area contributed by atoms with Crippen molar-refractivity contribution >= 4 is 34.3 Å². The summed E-state index contributed by atoms with van der Waals surface area (Å²) in [5.74, 6) is 1.69. The molecular weight excluding hydrogens is 314 g/mol. The molecule has 4 heteroatoms. The quantitative estimate of drug-likeness (QED) is 0.464. The van der Waals surface area contributed by atoms with Gasteiger partial charge in [-0.3, -0.25) is 0 Å². The van der Waals surface area contributed by atoms with Gasteiger partial charge in [0.1, 0.15) is 5.75 Å². The Bertz CT molecular complexity index is 774. The van der Waals surface area contributed by atoms with Crippen LogP contribution in [0.25, 0.3) is 10.9 Å². The average Bonchev–Trinajstić information content (AvgIpc) is 2.53. The Morgan fingerprint density at radius 3 is 2.68 bits per heavy atom. The van der Waals surface area contributed by atoms with Crippen molar-refractivity contribution in [2.24, 2.45) is 0 Å². The summed E-state index contributed by atoms with van der Waals surface area (Å²) in [4.78, 5) is 4.68. The number of pyridine rings is 1. The zero-order valence-electron chi connectivity index (χ0n) is 12.3. The van der Waals surface area contributed by atoms with Crippen LogP contribution in [0.4, 0.5) is 0 Å². The molecule has 22 heavy (non-hydrogen) atoms. The highest BCUT2D eigenvalue weighted by Gasteiger charge is 2.03. The van der Waals surface area contributed by atoms with Crippen LogP contribution in [0.3, 0.4) is 0 Å². The van der Waals surface area contributed by atoms with E-state index in [2.05, 4.69) is 30.1 Å².